The fraction of sp³-hybridized carbons (Fsp3) is 0.745. The number of carbonyl (C=O) groups is 5. The van der Waals surface area contributed by atoms with Crippen LogP contribution in [0.4, 0.5) is 0 Å². The number of hydrogen-bond acceptors (Lipinski definition) is 12. The summed E-state index contributed by atoms with van der Waals surface area (Å²) in [6.07, 6.45) is 12.7. The number of hydrogen-bond donors (Lipinski definition) is 2. The van der Waals surface area contributed by atoms with E-state index in [0.29, 0.717) is 56.9 Å². The lowest BCUT2D eigenvalue weighted by atomic mass is 9.79. The fourth-order valence-corrected chi connectivity index (χ4v) is 10.4. The van der Waals surface area contributed by atoms with Gasteiger partial charge < -0.3 is 38.8 Å². The van der Waals surface area contributed by atoms with Crippen LogP contribution in [0.2, 0.25) is 0 Å². The molecule has 4 rings (SSSR count). The molecule has 3 heterocycles. The minimum atomic E-state index is -2.42. The van der Waals surface area contributed by atoms with Gasteiger partial charge in [0.1, 0.15) is 30.1 Å². The minimum Gasteiger partial charge on any atom is -0.460 e. The van der Waals surface area contributed by atoms with Crippen molar-refractivity contribution in [2.75, 3.05) is 27.9 Å². The quantitative estimate of drug-likeness (QED) is 0.117. The number of nitrogens with zero attached hydrogens (tertiary/aromatic N) is 1. The predicted molar refractivity (Wildman–Crippen MR) is 249 cm³/mol. The van der Waals surface area contributed by atoms with Gasteiger partial charge in [0.15, 0.2) is 5.78 Å². The van der Waals surface area contributed by atoms with E-state index in [0.717, 1.165) is 18.4 Å². The van der Waals surface area contributed by atoms with Crippen LogP contribution in [0.3, 0.4) is 0 Å². The van der Waals surface area contributed by atoms with Crippen LogP contribution in [-0.4, -0.2) is 126 Å². The van der Waals surface area contributed by atoms with E-state index in [9.17, 15) is 34.2 Å². The summed E-state index contributed by atoms with van der Waals surface area (Å²) in [4.78, 5) is 71.8. The number of aliphatic hydroxyl groups is 2. The zero-order valence-corrected chi connectivity index (χ0v) is 41.3. The first-order valence-corrected chi connectivity index (χ1v) is 24.3. The largest absolute Gasteiger partial charge is 0.460 e. The number of aliphatic hydroxyl groups excluding tert-OH is 1. The maximum Gasteiger partial charge on any atom is 0.329 e. The van der Waals surface area contributed by atoms with E-state index in [2.05, 4.69) is 0 Å². The number of carbonyl (C=O) groups excluding carboxylic acids is 5. The van der Waals surface area contributed by atoms with E-state index >= 15 is 0 Å². The van der Waals surface area contributed by atoms with E-state index in [4.69, 9.17) is 35.3 Å². The van der Waals surface area contributed by atoms with Crippen LogP contribution in [0, 0.1) is 35.5 Å². The second-order valence-electron chi connectivity index (χ2n) is 19.5. The number of ketones is 3. The lowest BCUT2D eigenvalue weighted by molar-refractivity contribution is -0.265. The van der Waals surface area contributed by atoms with Gasteiger partial charge in [-0.05, 0) is 107 Å². The summed E-state index contributed by atoms with van der Waals surface area (Å²) < 4.78 is 29.5. The van der Waals surface area contributed by atoms with Crippen molar-refractivity contribution in [1.82, 2.24) is 4.90 Å². The molecule has 2 N–H and O–H groups in total. The number of methoxy groups -OCH3 is 3. The third-order valence-corrected chi connectivity index (χ3v) is 14.9. The van der Waals surface area contributed by atoms with E-state index in [1.54, 1.807) is 41.1 Å². The molecular formula is C51H78ClNO12. The molecule has 1 aliphatic carbocycles. The van der Waals surface area contributed by atoms with Gasteiger partial charge in [0.2, 0.25) is 5.79 Å². The normalized spacial score (nSPS) is 40.4. The van der Waals surface area contributed by atoms with Gasteiger partial charge in [0.25, 0.3) is 11.7 Å². The maximum absolute atomic E-state index is 14.4. The number of fused-ring (bicyclic) bond motifs is 3. The van der Waals surface area contributed by atoms with Crippen LogP contribution in [0.15, 0.2) is 47.6 Å². The number of rotatable bonds is 6. The number of ether oxygens (including phenoxy) is 5. The van der Waals surface area contributed by atoms with Crippen molar-refractivity contribution in [3.63, 3.8) is 0 Å². The number of piperidine rings is 1. The molecule has 0 unspecified atom stereocenters. The van der Waals surface area contributed by atoms with Crippen LogP contribution < -0.4 is 0 Å². The minimum absolute atomic E-state index is 0.0245. The highest BCUT2D eigenvalue weighted by Crippen LogP contribution is 2.38. The Labute approximate surface area is 392 Å². The molecule has 0 radical (unpaired) electrons. The molecule has 0 aromatic heterocycles. The van der Waals surface area contributed by atoms with Gasteiger partial charge in [0, 0.05) is 58.5 Å². The van der Waals surface area contributed by atoms with Gasteiger partial charge >= 0.3 is 5.97 Å². The smallest absolute Gasteiger partial charge is 0.329 e. The van der Waals surface area contributed by atoms with Crippen LogP contribution in [0.25, 0.3) is 0 Å². The standard InChI is InChI=1S/C51H78ClNO12/c1-30-16-12-11-13-17-31(2)42(61-8)28-38-21-19-36(7)51(60,65-38)48(57)49(58)53-23-15-14-18-40(53)50(59)64-43(33(4)26-37-20-22-39(52)44(27-37)62-9)29-41(54)32(3)25-35(6)46(56)47(63-10)45(55)34(5)24-30/h11-13,16-17,25,30,32-34,36-40,42-44,46-47,56,60H,14-15,18-24,26-29H2,1-10H3/b13-11+,16-12+,31-17+,35-25+/t30-,32-,33-,34-,36-,37+,38+,39+,40+,42+,43+,44-,46-,47+,51-/m1/s1. The summed E-state index contributed by atoms with van der Waals surface area (Å²) in [7, 11) is 4.61. The van der Waals surface area contributed by atoms with Gasteiger partial charge in [-0.2, -0.15) is 0 Å². The maximum atomic E-state index is 14.4. The number of alkyl halides is 1. The van der Waals surface area contributed by atoms with E-state index in [1.807, 2.05) is 58.1 Å². The highest BCUT2D eigenvalue weighted by Gasteiger charge is 2.53. The molecule has 1 saturated carbocycles. The van der Waals surface area contributed by atoms with Crippen molar-refractivity contribution < 1.29 is 57.9 Å². The number of allylic oxidation sites excluding steroid dienone is 6. The van der Waals surface area contributed by atoms with Crippen LogP contribution in [0.5, 0.6) is 0 Å². The van der Waals surface area contributed by atoms with E-state index in [1.165, 1.54) is 12.0 Å². The molecule has 2 saturated heterocycles. The summed E-state index contributed by atoms with van der Waals surface area (Å²) in [5.74, 6) is -7.74. The van der Waals surface area contributed by atoms with Gasteiger partial charge in [-0.3, -0.25) is 19.2 Å². The molecule has 366 valence electrons. The van der Waals surface area contributed by atoms with Gasteiger partial charge in [0.05, 0.1) is 23.7 Å². The second-order valence-corrected chi connectivity index (χ2v) is 20.1. The first-order chi connectivity index (χ1) is 30.7. The van der Waals surface area contributed by atoms with Gasteiger partial charge in [-0.1, -0.05) is 71.1 Å². The van der Waals surface area contributed by atoms with Crippen molar-refractivity contribution in [2.24, 2.45) is 35.5 Å². The molecule has 3 fully saturated rings. The Hall–Kier alpha value is -3.04. The number of esters is 1. The van der Waals surface area contributed by atoms with Crippen molar-refractivity contribution in [1.29, 1.82) is 0 Å². The van der Waals surface area contributed by atoms with Crippen molar-refractivity contribution >= 4 is 40.8 Å². The van der Waals surface area contributed by atoms with Crippen molar-refractivity contribution in [2.45, 2.75) is 179 Å². The summed E-state index contributed by atoms with van der Waals surface area (Å²) >= 11 is 6.56. The van der Waals surface area contributed by atoms with Crippen LogP contribution in [0.1, 0.15) is 126 Å². The Kier molecular flexibility index (Phi) is 21.3. The first-order valence-electron chi connectivity index (χ1n) is 23.9. The zero-order valence-electron chi connectivity index (χ0n) is 40.5. The van der Waals surface area contributed by atoms with E-state index < -0.39 is 77.8 Å². The highest BCUT2D eigenvalue weighted by atomic mass is 35.5. The molecule has 1 amide bonds. The van der Waals surface area contributed by atoms with Crippen molar-refractivity contribution in [3.8, 4) is 0 Å². The molecule has 14 heteroatoms. The van der Waals surface area contributed by atoms with Gasteiger partial charge in [-0.15, -0.1) is 11.6 Å². The molecule has 65 heavy (non-hydrogen) atoms. The lowest BCUT2D eigenvalue weighted by Crippen LogP contribution is -2.61. The van der Waals surface area contributed by atoms with Crippen LogP contribution >= 0.6 is 11.6 Å². The van der Waals surface area contributed by atoms with Gasteiger partial charge in [-0.25, -0.2) is 4.79 Å². The summed E-state index contributed by atoms with van der Waals surface area (Å²) in [5.41, 5.74) is 1.28. The molecule has 0 spiro atoms. The number of halogens is 1. The first kappa shape index (κ1) is 54.6. The Bertz CT molecular complexity index is 1760. The molecule has 0 aromatic rings. The second kappa shape index (κ2) is 25.4. The Morgan fingerprint density at radius 1 is 0.877 bits per heavy atom. The Morgan fingerprint density at radius 2 is 1.60 bits per heavy atom. The highest BCUT2D eigenvalue weighted by molar-refractivity contribution is 6.39. The molecule has 4 aliphatic rings. The summed E-state index contributed by atoms with van der Waals surface area (Å²) in [6.45, 7) is 12.8. The number of Topliss-reactive ketones (excluding diaryl/α,β-unsaturated/α-hetero) is 3. The number of amides is 1. The van der Waals surface area contributed by atoms with Crippen LogP contribution in [-0.2, 0) is 47.7 Å². The topological polar surface area (TPSA) is 175 Å². The SMILES string of the molecule is CO[C@H]1C[C@@H]2CC[C@@H](C)[C@@](O)(O2)C(=O)C(=O)N2CCCC[C@H]2C(=O)O[C@H]([C@H](C)C[C@@H]2CC[C@H](Cl)[C@H](OC)C2)CC(=O)[C@H](C)/C=C(\C)[C@@H](O)[C@@H](OC)C(=O)[C@H](C)C[C@H](C)/C=C/C=C/C=C/1C. The van der Waals surface area contributed by atoms with Crippen molar-refractivity contribution in [3.05, 3.63) is 47.6 Å². The Morgan fingerprint density at radius 3 is 2.28 bits per heavy atom. The summed E-state index contributed by atoms with van der Waals surface area (Å²) in [6, 6.07) is -1.12. The fourth-order valence-electron chi connectivity index (χ4n) is 10.1. The molecule has 15 atom stereocenters. The summed E-state index contributed by atoms with van der Waals surface area (Å²) in [5, 5.41) is 23.3. The molecule has 2 bridgehead atoms. The number of cyclic esters (lactones) is 1. The monoisotopic (exact) mass is 932 g/mol. The predicted octanol–water partition coefficient (Wildman–Crippen LogP) is 7.43. The third kappa shape index (κ3) is 14.5. The zero-order chi connectivity index (χ0) is 48.2. The third-order valence-electron chi connectivity index (χ3n) is 14.4. The molecular weight excluding hydrogens is 854 g/mol. The molecule has 3 aliphatic heterocycles. The average molecular weight is 933 g/mol. The van der Waals surface area contributed by atoms with E-state index in [-0.39, 0.29) is 60.2 Å². The molecule has 0 aromatic carbocycles. The average Bonchev–Trinajstić information content (AvgIpc) is 3.28. The molecule has 13 nitrogen and oxygen atoms in total. The Balaban J connectivity index is 1.70. The lowest BCUT2D eigenvalue weighted by Gasteiger charge is -2.42.